The predicted octanol–water partition coefficient (Wildman–Crippen LogP) is 4.20. The van der Waals surface area contributed by atoms with Crippen molar-refractivity contribution in [3.05, 3.63) is 46.8 Å². The molecule has 0 radical (unpaired) electrons. The summed E-state index contributed by atoms with van der Waals surface area (Å²) in [5.74, 6) is 0.885. The van der Waals surface area contributed by atoms with Crippen molar-refractivity contribution in [1.82, 2.24) is 5.16 Å². The van der Waals surface area contributed by atoms with Gasteiger partial charge in [0.15, 0.2) is 0 Å². The molecule has 1 N–H and O–H groups in total. The molecule has 0 amide bonds. The second-order valence-electron chi connectivity index (χ2n) is 5.98. The van der Waals surface area contributed by atoms with Crippen molar-refractivity contribution in [2.75, 3.05) is 5.32 Å². The molecular formula is C16H22N2O. The summed E-state index contributed by atoms with van der Waals surface area (Å²) in [6.45, 7) is 11.3. The molecule has 0 spiro atoms. The van der Waals surface area contributed by atoms with E-state index in [1.54, 1.807) is 0 Å². The molecule has 0 bridgehead atoms. The van der Waals surface area contributed by atoms with Crippen molar-refractivity contribution in [2.24, 2.45) is 0 Å². The monoisotopic (exact) mass is 258 g/mol. The van der Waals surface area contributed by atoms with E-state index in [0.29, 0.717) is 0 Å². The first kappa shape index (κ1) is 13.7. The van der Waals surface area contributed by atoms with Gasteiger partial charge in [0.1, 0.15) is 5.76 Å². The molecule has 1 aromatic carbocycles. The zero-order valence-electron chi connectivity index (χ0n) is 12.4. The van der Waals surface area contributed by atoms with Crippen LogP contribution in [0.4, 0.5) is 5.69 Å². The number of benzene rings is 1. The lowest BCUT2D eigenvalue weighted by Gasteiger charge is -2.19. The summed E-state index contributed by atoms with van der Waals surface area (Å²) < 4.78 is 5.16. The van der Waals surface area contributed by atoms with Crippen LogP contribution in [0.1, 0.15) is 43.4 Å². The fourth-order valence-corrected chi connectivity index (χ4v) is 2.03. The second kappa shape index (κ2) is 5.08. The highest BCUT2D eigenvalue weighted by Crippen LogP contribution is 2.24. The number of rotatable bonds is 3. The average Bonchev–Trinajstić information content (AvgIpc) is 2.66. The summed E-state index contributed by atoms with van der Waals surface area (Å²) in [5, 5.41) is 7.37. The van der Waals surface area contributed by atoms with Crippen molar-refractivity contribution < 1.29 is 4.52 Å². The lowest BCUT2D eigenvalue weighted by atomic mass is 9.87. The maximum atomic E-state index is 5.16. The van der Waals surface area contributed by atoms with Gasteiger partial charge in [-0.05, 0) is 37.0 Å². The fourth-order valence-electron chi connectivity index (χ4n) is 2.03. The summed E-state index contributed by atoms with van der Waals surface area (Å²) in [5.41, 5.74) is 4.75. The minimum absolute atomic E-state index is 0.195. The van der Waals surface area contributed by atoms with E-state index in [1.165, 1.54) is 5.56 Å². The van der Waals surface area contributed by atoms with Gasteiger partial charge in [-0.3, -0.25) is 0 Å². The Morgan fingerprint density at radius 1 is 1.11 bits per heavy atom. The molecule has 1 heterocycles. The molecule has 0 aliphatic carbocycles. The van der Waals surface area contributed by atoms with Crippen LogP contribution in [0.3, 0.4) is 0 Å². The van der Waals surface area contributed by atoms with Crippen LogP contribution in [0.25, 0.3) is 0 Å². The van der Waals surface area contributed by atoms with Gasteiger partial charge in [-0.15, -0.1) is 0 Å². The zero-order chi connectivity index (χ0) is 14.0. The Labute approximate surface area is 115 Å². The highest BCUT2D eigenvalue weighted by molar-refractivity contribution is 5.46. The lowest BCUT2D eigenvalue weighted by Crippen LogP contribution is -2.10. The SMILES string of the molecule is Cc1noc(C)c1CNc1ccc(C(C)(C)C)cc1. The van der Waals surface area contributed by atoms with Crippen LogP contribution in [0.2, 0.25) is 0 Å². The molecule has 0 aliphatic heterocycles. The standard InChI is InChI=1S/C16H22N2O/c1-11-15(12(2)19-18-11)10-17-14-8-6-13(7-9-14)16(3,4)5/h6-9,17H,10H2,1-5H3. The molecule has 0 aliphatic rings. The molecule has 0 atom stereocenters. The Morgan fingerprint density at radius 2 is 1.74 bits per heavy atom. The van der Waals surface area contributed by atoms with Gasteiger partial charge in [0.05, 0.1) is 5.69 Å². The Bertz CT molecular complexity index is 528. The Hall–Kier alpha value is -1.77. The summed E-state index contributed by atoms with van der Waals surface area (Å²) in [4.78, 5) is 0. The summed E-state index contributed by atoms with van der Waals surface area (Å²) in [6.07, 6.45) is 0. The fraction of sp³-hybridized carbons (Fsp3) is 0.438. The number of hydrogen-bond acceptors (Lipinski definition) is 3. The van der Waals surface area contributed by atoms with Crippen LogP contribution < -0.4 is 5.32 Å². The molecule has 3 nitrogen and oxygen atoms in total. The van der Waals surface area contributed by atoms with E-state index in [1.807, 2.05) is 13.8 Å². The summed E-state index contributed by atoms with van der Waals surface area (Å²) >= 11 is 0. The molecule has 2 aromatic rings. The molecule has 3 heteroatoms. The van der Waals surface area contributed by atoms with E-state index in [4.69, 9.17) is 4.52 Å². The Kier molecular flexibility index (Phi) is 3.65. The predicted molar refractivity (Wildman–Crippen MR) is 78.4 cm³/mol. The first-order chi connectivity index (χ1) is 8.88. The Balaban J connectivity index is 2.05. The topological polar surface area (TPSA) is 38.1 Å². The zero-order valence-corrected chi connectivity index (χ0v) is 12.4. The molecular weight excluding hydrogens is 236 g/mol. The van der Waals surface area contributed by atoms with E-state index in [-0.39, 0.29) is 5.41 Å². The third-order valence-electron chi connectivity index (χ3n) is 3.40. The molecule has 0 fully saturated rings. The minimum atomic E-state index is 0.195. The smallest absolute Gasteiger partial charge is 0.138 e. The highest BCUT2D eigenvalue weighted by atomic mass is 16.5. The third-order valence-corrected chi connectivity index (χ3v) is 3.40. The van der Waals surface area contributed by atoms with Crippen molar-refractivity contribution in [1.29, 1.82) is 0 Å². The van der Waals surface area contributed by atoms with Crippen LogP contribution in [0.5, 0.6) is 0 Å². The number of nitrogens with zero attached hydrogens (tertiary/aromatic N) is 1. The molecule has 2 rings (SSSR count). The first-order valence-electron chi connectivity index (χ1n) is 6.64. The van der Waals surface area contributed by atoms with Crippen LogP contribution in [0, 0.1) is 13.8 Å². The van der Waals surface area contributed by atoms with Crippen LogP contribution in [0.15, 0.2) is 28.8 Å². The van der Waals surface area contributed by atoms with E-state index in [2.05, 4.69) is 55.5 Å². The molecule has 0 saturated heterocycles. The quantitative estimate of drug-likeness (QED) is 0.896. The van der Waals surface area contributed by atoms with Gasteiger partial charge < -0.3 is 9.84 Å². The summed E-state index contributed by atoms with van der Waals surface area (Å²) in [7, 11) is 0. The van der Waals surface area contributed by atoms with Crippen molar-refractivity contribution in [3.8, 4) is 0 Å². The van der Waals surface area contributed by atoms with Crippen molar-refractivity contribution in [3.63, 3.8) is 0 Å². The van der Waals surface area contributed by atoms with Crippen molar-refractivity contribution >= 4 is 5.69 Å². The van der Waals surface area contributed by atoms with Gasteiger partial charge in [0, 0.05) is 17.8 Å². The maximum absolute atomic E-state index is 5.16. The van der Waals surface area contributed by atoms with Gasteiger partial charge in [-0.25, -0.2) is 0 Å². The van der Waals surface area contributed by atoms with Crippen LogP contribution >= 0.6 is 0 Å². The third kappa shape index (κ3) is 3.16. The van der Waals surface area contributed by atoms with Crippen molar-refractivity contribution in [2.45, 2.75) is 46.6 Å². The van der Waals surface area contributed by atoms with Gasteiger partial charge in [0.2, 0.25) is 0 Å². The van der Waals surface area contributed by atoms with Gasteiger partial charge in [-0.1, -0.05) is 38.1 Å². The molecule has 1 aromatic heterocycles. The minimum Gasteiger partial charge on any atom is -0.381 e. The Morgan fingerprint density at radius 3 is 2.21 bits per heavy atom. The van der Waals surface area contributed by atoms with Gasteiger partial charge in [0.25, 0.3) is 0 Å². The molecule has 102 valence electrons. The maximum Gasteiger partial charge on any atom is 0.138 e. The number of aromatic nitrogens is 1. The average molecular weight is 258 g/mol. The highest BCUT2D eigenvalue weighted by Gasteiger charge is 2.13. The van der Waals surface area contributed by atoms with Gasteiger partial charge >= 0.3 is 0 Å². The molecule has 19 heavy (non-hydrogen) atoms. The number of aryl methyl sites for hydroxylation is 2. The van der Waals surface area contributed by atoms with E-state index < -0.39 is 0 Å². The van der Waals surface area contributed by atoms with Crippen LogP contribution in [-0.4, -0.2) is 5.16 Å². The molecule has 0 saturated carbocycles. The number of nitrogens with one attached hydrogen (secondary N) is 1. The lowest BCUT2D eigenvalue weighted by molar-refractivity contribution is 0.392. The van der Waals surface area contributed by atoms with E-state index in [9.17, 15) is 0 Å². The van der Waals surface area contributed by atoms with E-state index >= 15 is 0 Å². The van der Waals surface area contributed by atoms with E-state index in [0.717, 1.165) is 29.2 Å². The number of anilines is 1. The first-order valence-corrected chi connectivity index (χ1v) is 6.64. The normalized spacial score (nSPS) is 11.6. The van der Waals surface area contributed by atoms with Crippen LogP contribution in [-0.2, 0) is 12.0 Å². The van der Waals surface area contributed by atoms with Gasteiger partial charge in [-0.2, -0.15) is 0 Å². The summed E-state index contributed by atoms with van der Waals surface area (Å²) in [6, 6.07) is 8.60. The number of hydrogen-bond donors (Lipinski definition) is 1. The second-order valence-corrected chi connectivity index (χ2v) is 5.98. The molecule has 0 unspecified atom stereocenters. The largest absolute Gasteiger partial charge is 0.381 e.